The van der Waals surface area contributed by atoms with Gasteiger partial charge in [-0.3, -0.25) is 4.99 Å². The fourth-order valence-corrected chi connectivity index (χ4v) is 2.13. The molecule has 0 spiro atoms. The summed E-state index contributed by atoms with van der Waals surface area (Å²) >= 11 is 0. The number of hydrogen-bond donors (Lipinski definition) is 2. The van der Waals surface area contributed by atoms with Crippen LogP contribution in [-0.2, 0) is 9.47 Å². The maximum atomic E-state index is 5.69. The zero-order valence-corrected chi connectivity index (χ0v) is 11.5. The Kier molecular flexibility index (Phi) is 4.83. The Bertz CT molecular complexity index is 284. The quantitative estimate of drug-likeness (QED) is 0.566. The summed E-state index contributed by atoms with van der Waals surface area (Å²) in [6.07, 6.45) is 4.37. The molecule has 0 radical (unpaired) electrons. The van der Waals surface area contributed by atoms with E-state index in [1.165, 1.54) is 12.8 Å². The standard InChI is InChI=1S/C13H25N3O2/c1-3-14-12(16-11-4-5-11)15-10-13(17-2)6-8-18-9-7-13/h11H,3-10H2,1-2H3,(H2,14,15,16). The topological polar surface area (TPSA) is 54.9 Å². The van der Waals surface area contributed by atoms with Gasteiger partial charge in [-0.2, -0.15) is 0 Å². The molecule has 2 fully saturated rings. The molecule has 1 saturated carbocycles. The van der Waals surface area contributed by atoms with Crippen LogP contribution in [0.2, 0.25) is 0 Å². The first-order valence-corrected chi connectivity index (χ1v) is 6.96. The van der Waals surface area contributed by atoms with Gasteiger partial charge in [-0.25, -0.2) is 0 Å². The van der Waals surface area contributed by atoms with Gasteiger partial charge in [-0.15, -0.1) is 0 Å². The Hall–Kier alpha value is -0.810. The van der Waals surface area contributed by atoms with E-state index in [1.54, 1.807) is 7.11 Å². The third-order valence-corrected chi connectivity index (χ3v) is 3.62. The van der Waals surface area contributed by atoms with Crippen LogP contribution in [0.4, 0.5) is 0 Å². The first kappa shape index (κ1) is 13.6. The van der Waals surface area contributed by atoms with Crippen molar-refractivity contribution in [2.45, 2.75) is 44.2 Å². The van der Waals surface area contributed by atoms with Gasteiger partial charge in [0.25, 0.3) is 0 Å². The molecule has 0 aromatic heterocycles. The van der Waals surface area contributed by atoms with Gasteiger partial charge in [-0.1, -0.05) is 0 Å². The second kappa shape index (κ2) is 6.38. The van der Waals surface area contributed by atoms with Crippen molar-refractivity contribution >= 4 is 5.96 Å². The Morgan fingerprint density at radius 2 is 2.11 bits per heavy atom. The van der Waals surface area contributed by atoms with E-state index in [0.717, 1.165) is 38.6 Å². The third kappa shape index (κ3) is 3.85. The number of aliphatic imine (C=N–C) groups is 1. The maximum Gasteiger partial charge on any atom is 0.191 e. The highest BCUT2D eigenvalue weighted by Gasteiger charge is 2.32. The van der Waals surface area contributed by atoms with E-state index in [2.05, 4.69) is 22.5 Å². The first-order chi connectivity index (χ1) is 8.78. The lowest BCUT2D eigenvalue weighted by Crippen LogP contribution is -2.44. The zero-order chi connectivity index (χ0) is 12.8. The van der Waals surface area contributed by atoms with Crippen LogP contribution in [0.25, 0.3) is 0 Å². The van der Waals surface area contributed by atoms with Crippen LogP contribution in [0.15, 0.2) is 4.99 Å². The summed E-state index contributed by atoms with van der Waals surface area (Å²) in [5, 5.41) is 6.71. The Morgan fingerprint density at radius 3 is 2.67 bits per heavy atom. The van der Waals surface area contributed by atoms with Gasteiger partial charge < -0.3 is 20.1 Å². The molecule has 5 nitrogen and oxygen atoms in total. The Morgan fingerprint density at radius 1 is 1.39 bits per heavy atom. The molecule has 0 aromatic carbocycles. The van der Waals surface area contributed by atoms with Crippen LogP contribution in [-0.4, -0.2) is 51.0 Å². The number of nitrogens with zero attached hydrogens (tertiary/aromatic N) is 1. The second-order valence-electron chi connectivity index (χ2n) is 5.11. The molecule has 0 atom stereocenters. The van der Waals surface area contributed by atoms with Crippen molar-refractivity contribution in [1.29, 1.82) is 0 Å². The summed E-state index contributed by atoms with van der Waals surface area (Å²) in [5.74, 6) is 0.919. The van der Waals surface area contributed by atoms with Gasteiger partial charge in [0.15, 0.2) is 5.96 Å². The normalized spacial score (nSPS) is 23.8. The van der Waals surface area contributed by atoms with Gasteiger partial charge >= 0.3 is 0 Å². The molecule has 18 heavy (non-hydrogen) atoms. The number of nitrogens with one attached hydrogen (secondary N) is 2. The molecule has 1 aliphatic carbocycles. The minimum Gasteiger partial charge on any atom is -0.381 e. The van der Waals surface area contributed by atoms with Crippen LogP contribution < -0.4 is 10.6 Å². The highest BCUT2D eigenvalue weighted by molar-refractivity contribution is 5.80. The lowest BCUT2D eigenvalue weighted by molar-refractivity contribution is -0.0828. The molecular weight excluding hydrogens is 230 g/mol. The predicted octanol–water partition coefficient (Wildman–Crippen LogP) is 0.899. The molecule has 1 saturated heterocycles. The van der Waals surface area contributed by atoms with Crippen molar-refractivity contribution in [2.75, 3.05) is 33.4 Å². The number of hydrogen-bond acceptors (Lipinski definition) is 3. The van der Waals surface area contributed by atoms with E-state index in [-0.39, 0.29) is 5.60 Å². The predicted molar refractivity (Wildman–Crippen MR) is 71.9 cm³/mol. The monoisotopic (exact) mass is 255 g/mol. The number of ether oxygens (including phenoxy) is 2. The van der Waals surface area contributed by atoms with Gasteiger partial charge in [0, 0.05) is 45.8 Å². The summed E-state index contributed by atoms with van der Waals surface area (Å²) in [6, 6.07) is 0.621. The molecule has 2 N–H and O–H groups in total. The van der Waals surface area contributed by atoms with E-state index >= 15 is 0 Å². The van der Waals surface area contributed by atoms with E-state index in [1.807, 2.05) is 0 Å². The Balaban J connectivity index is 1.90. The van der Waals surface area contributed by atoms with Crippen molar-refractivity contribution in [3.05, 3.63) is 0 Å². The highest BCUT2D eigenvalue weighted by Crippen LogP contribution is 2.25. The van der Waals surface area contributed by atoms with Crippen molar-refractivity contribution in [2.24, 2.45) is 4.99 Å². The molecular formula is C13H25N3O2. The first-order valence-electron chi connectivity index (χ1n) is 6.96. The third-order valence-electron chi connectivity index (χ3n) is 3.62. The van der Waals surface area contributed by atoms with Gasteiger partial charge in [0.1, 0.15) is 0 Å². The zero-order valence-electron chi connectivity index (χ0n) is 11.5. The minimum atomic E-state index is -0.135. The lowest BCUT2D eigenvalue weighted by atomic mass is 9.94. The van der Waals surface area contributed by atoms with Crippen molar-refractivity contribution in [3.8, 4) is 0 Å². The largest absolute Gasteiger partial charge is 0.381 e. The molecule has 2 aliphatic rings. The molecule has 0 unspecified atom stereocenters. The van der Waals surface area contributed by atoms with Gasteiger partial charge in [0.2, 0.25) is 0 Å². The number of guanidine groups is 1. The van der Waals surface area contributed by atoms with Crippen LogP contribution in [0.1, 0.15) is 32.6 Å². The molecule has 5 heteroatoms. The molecule has 0 bridgehead atoms. The molecule has 0 amide bonds. The van der Waals surface area contributed by atoms with Crippen LogP contribution in [0, 0.1) is 0 Å². The summed E-state index contributed by atoms with van der Waals surface area (Å²) in [4.78, 5) is 4.67. The van der Waals surface area contributed by atoms with Crippen molar-refractivity contribution in [3.63, 3.8) is 0 Å². The lowest BCUT2D eigenvalue weighted by Gasteiger charge is -2.34. The fraction of sp³-hybridized carbons (Fsp3) is 0.923. The number of methoxy groups -OCH3 is 1. The van der Waals surface area contributed by atoms with Crippen LogP contribution in [0.5, 0.6) is 0 Å². The molecule has 2 rings (SSSR count). The molecule has 0 aromatic rings. The van der Waals surface area contributed by atoms with E-state index in [9.17, 15) is 0 Å². The van der Waals surface area contributed by atoms with Gasteiger partial charge in [-0.05, 0) is 19.8 Å². The van der Waals surface area contributed by atoms with Crippen LogP contribution >= 0.6 is 0 Å². The van der Waals surface area contributed by atoms with Crippen LogP contribution in [0.3, 0.4) is 0 Å². The SMILES string of the molecule is CCNC(=NCC1(OC)CCOCC1)NC1CC1. The Labute approximate surface area is 109 Å². The molecule has 1 aliphatic heterocycles. The smallest absolute Gasteiger partial charge is 0.191 e. The summed E-state index contributed by atoms with van der Waals surface area (Å²) < 4.78 is 11.1. The average Bonchev–Trinajstić information content (AvgIpc) is 3.21. The van der Waals surface area contributed by atoms with E-state index in [0.29, 0.717) is 12.6 Å². The van der Waals surface area contributed by atoms with E-state index < -0.39 is 0 Å². The summed E-state index contributed by atoms with van der Waals surface area (Å²) in [5.41, 5.74) is -0.135. The van der Waals surface area contributed by atoms with Gasteiger partial charge in [0.05, 0.1) is 12.1 Å². The maximum absolute atomic E-state index is 5.69. The summed E-state index contributed by atoms with van der Waals surface area (Å²) in [7, 11) is 1.78. The summed E-state index contributed by atoms with van der Waals surface area (Å²) in [6.45, 7) is 5.23. The fourth-order valence-electron chi connectivity index (χ4n) is 2.13. The minimum absolute atomic E-state index is 0.135. The van der Waals surface area contributed by atoms with Crippen molar-refractivity contribution < 1.29 is 9.47 Å². The molecule has 104 valence electrons. The van der Waals surface area contributed by atoms with E-state index in [4.69, 9.17) is 9.47 Å². The number of rotatable bonds is 5. The second-order valence-corrected chi connectivity index (χ2v) is 5.11. The van der Waals surface area contributed by atoms with Crippen molar-refractivity contribution in [1.82, 2.24) is 10.6 Å². The average molecular weight is 255 g/mol. The highest BCUT2D eigenvalue weighted by atomic mass is 16.5. The molecule has 1 heterocycles.